The first-order valence-corrected chi connectivity index (χ1v) is 9.53. The summed E-state index contributed by atoms with van der Waals surface area (Å²) in [6, 6.07) is 7.95. The van der Waals surface area contributed by atoms with Crippen LogP contribution in [-0.2, 0) is 4.79 Å². The number of carbonyl (C=O) groups excluding carboxylic acids is 1. The van der Waals surface area contributed by atoms with Crippen molar-refractivity contribution in [1.82, 2.24) is 9.88 Å². The number of nitrogens with zero attached hydrogens (tertiary/aromatic N) is 2. The predicted octanol–water partition coefficient (Wildman–Crippen LogP) is 3.72. The summed E-state index contributed by atoms with van der Waals surface area (Å²) in [4.78, 5) is 19.8. The summed E-state index contributed by atoms with van der Waals surface area (Å²) < 4.78 is 5.71. The number of ether oxygens (including phenoxy) is 1. The van der Waals surface area contributed by atoms with E-state index in [2.05, 4.69) is 15.3 Å². The van der Waals surface area contributed by atoms with Gasteiger partial charge in [0.1, 0.15) is 5.75 Å². The molecular formula is C19H22N2O2S. The van der Waals surface area contributed by atoms with Gasteiger partial charge in [-0.3, -0.25) is 4.79 Å². The van der Waals surface area contributed by atoms with Gasteiger partial charge in [-0.05, 0) is 32.3 Å². The van der Waals surface area contributed by atoms with Crippen molar-refractivity contribution < 1.29 is 9.53 Å². The first-order valence-electron chi connectivity index (χ1n) is 8.65. The third-order valence-electron chi connectivity index (χ3n) is 4.98. The van der Waals surface area contributed by atoms with Gasteiger partial charge in [0.2, 0.25) is 5.91 Å². The maximum atomic E-state index is 13.2. The minimum Gasteiger partial charge on any atom is -0.493 e. The van der Waals surface area contributed by atoms with Crippen molar-refractivity contribution in [1.29, 1.82) is 0 Å². The van der Waals surface area contributed by atoms with Crippen LogP contribution in [0.2, 0.25) is 0 Å². The fraction of sp³-hybridized carbons (Fsp3) is 0.474. The van der Waals surface area contributed by atoms with Crippen molar-refractivity contribution >= 4 is 17.2 Å². The number of fused-ring (bicyclic) bond motifs is 1. The van der Waals surface area contributed by atoms with E-state index in [-0.39, 0.29) is 11.8 Å². The van der Waals surface area contributed by atoms with Gasteiger partial charge in [0, 0.05) is 35.6 Å². The Balaban J connectivity index is 1.52. The molecule has 0 saturated carbocycles. The van der Waals surface area contributed by atoms with Crippen LogP contribution in [0.15, 0.2) is 29.6 Å². The van der Waals surface area contributed by atoms with Gasteiger partial charge in [-0.15, -0.1) is 11.3 Å². The highest BCUT2D eigenvalue weighted by atomic mass is 32.1. The van der Waals surface area contributed by atoms with Crippen LogP contribution in [0.4, 0.5) is 0 Å². The molecule has 4 rings (SSSR count). The second-order valence-electron chi connectivity index (χ2n) is 6.68. The molecule has 0 radical (unpaired) electrons. The average molecular weight is 342 g/mol. The monoisotopic (exact) mass is 342 g/mol. The Kier molecular flexibility index (Phi) is 4.27. The average Bonchev–Trinajstić information content (AvgIpc) is 3.07. The maximum Gasteiger partial charge on any atom is 0.230 e. The fourth-order valence-electron chi connectivity index (χ4n) is 3.76. The third-order valence-corrected chi connectivity index (χ3v) is 6.10. The number of piperidine rings is 1. The number of hydrogen-bond acceptors (Lipinski definition) is 4. The van der Waals surface area contributed by atoms with Crippen LogP contribution in [0.3, 0.4) is 0 Å². The summed E-state index contributed by atoms with van der Waals surface area (Å²) in [6.45, 7) is 4.31. The molecule has 1 fully saturated rings. The van der Waals surface area contributed by atoms with E-state index in [0.29, 0.717) is 12.5 Å². The lowest BCUT2D eigenvalue weighted by Crippen LogP contribution is -2.42. The molecule has 0 N–H and O–H groups in total. The molecular weight excluding hydrogens is 320 g/mol. The summed E-state index contributed by atoms with van der Waals surface area (Å²) in [5.41, 5.74) is 2.12. The second kappa shape index (κ2) is 6.55. The van der Waals surface area contributed by atoms with Crippen LogP contribution < -0.4 is 4.74 Å². The number of likely N-dealkylation sites (tertiary alicyclic amines) is 1. The van der Waals surface area contributed by atoms with Crippen molar-refractivity contribution in [2.75, 3.05) is 19.7 Å². The van der Waals surface area contributed by atoms with Gasteiger partial charge in [0.05, 0.1) is 17.5 Å². The number of carbonyl (C=O) groups is 1. The SMILES string of the molecule is Cc1csc([C@H]2CCCN(C(=O)[C@@H]3CCOc4ccccc43)C2)n1. The molecule has 1 aromatic heterocycles. The van der Waals surface area contributed by atoms with E-state index < -0.39 is 0 Å². The van der Waals surface area contributed by atoms with Gasteiger partial charge in [0.25, 0.3) is 0 Å². The highest BCUT2D eigenvalue weighted by molar-refractivity contribution is 7.09. The molecule has 24 heavy (non-hydrogen) atoms. The summed E-state index contributed by atoms with van der Waals surface area (Å²) in [5.74, 6) is 1.44. The Morgan fingerprint density at radius 1 is 1.33 bits per heavy atom. The van der Waals surface area contributed by atoms with Crippen LogP contribution in [0, 0.1) is 6.92 Å². The molecule has 2 aliphatic rings. The Labute approximate surface area is 146 Å². The normalized spacial score (nSPS) is 23.5. The van der Waals surface area contributed by atoms with Gasteiger partial charge >= 0.3 is 0 Å². The minimum absolute atomic E-state index is 0.0632. The lowest BCUT2D eigenvalue weighted by molar-refractivity contribution is -0.134. The fourth-order valence-corrected chi connectivity index (χ4v) is 4.68. The number of aromatic nitrogens is 1. The smallest absolute Gasteiger partial charge is 0.230 e. The van der Waals surface area contributed by atoms with Crippen LogP contribution in [0.5, 0.6) is 5.75 Å². The molecule has 0 spiro atoms. The van der Waals surface area contributed by atoms with Crippen molar-refractivity contribution in [3.8, 4) is 5.75 Å². The quantitative estimate of drug-likeness (QED) is 0.835. The molecule has 1 saturated heterocycles. The van der Waals surface area contributed by atoms with E-state index in [1.54, 1.807) is 11.3 Å². The zero-order valence-electron chi connectivity index (χ0n) is 13.9. The van der Waals surface area contributed by atoms with Gasteiger partial charge in [-0.25, -0.2) is 4.98 Å². The van der Waals surface area contributed by atoms with Crippen LogP contribution in [0.1, 0.15) is 47.4 Å². The Morgan fingerprint density at radius 3 is 3.04 bits per heavy atom. The Bertz CT molecular complexity index is 742. The standard InChI is InChI=1S/C19H22N2O2S/c1-13-12-24-18(20-13)14-5-4-9-21(11-14)19(22)16-8-10-23-17-7-3-2-6-15(16)17/h2-3,6-7,12,14,16H,4-5,8-11H2,1H3/t14-,16+/m0/s1. The number of amides is 1. The number of thiazole rings is 1. The molecule has 3 heterocycles. The van der Waals surface area contributed by atoms with Crippen LogP contribution in [0.25, 0.3) is 0 Å². The molecule has 126 valence electrons. The number of rotatable bonds is 2. The molecule has 1 aromatic carbocycles. The van der Waals surface area contributed by atoms with Crippen molar-refractivity contribution in [3.05, 3.63) is 45.9 Å². The van der Waals surface area contributed by atoms with E-state index in [4.69, 9.17) is 4.74 Å². The molecule has 5 heteroatoms. The molecule has 0 aliphatic carbocycles. The summed E-state index contributed by atoms with van der Waals surface area (Å²) in [6.07, 6.45) is 2.95. The van der Waals surface area contributed by atoms with E-state index in [1.165, 1.54) is 5.01 Å². The second-order valence-corrected chi connectivity index (χ2v) is 7.57. The lowest BCUT2D eigenvalue weighted by atomic mass is 9.90. The number of aryl methyl sites for hydroxylation is 1. The van der Waals surface area contributed by atoms with Crippen molar-refractivity contribution in [2.24, 2.45) is 0 Å². The number of hydrogen-bond donors (Lipinski definition) is 0. The molecule has 4 nitrogen and oxygen atoms in total. The highest BCUT2D eigenvalue weighted by Gasteiger charge is 2.34. The topological polar surface area (TPSA) is 42.4 Å². The predicted molar refractivity (Wildman–Crippen MR) is 94.7 cm³/mol. The summed E-state index contributed by atoms with van der Waals surface area (Å²) in [5, 5.41) is 3.28. The Morgan fingerprint density at radius 2 is 2.21 bits per heavy atom. The van der Waals surface area contributed by atoms with Gasteiger partial charge < -0.3 is 9.64 Å². The van der Waals surface area contributed by atoms with Crippen LogP contribution in [-0.4, -0.2) is 35.5 Å². The Hall–Kier alpha value is -1.88. The van der Waals surface area contributed by atoms with Gasteiger partial charge in [0.15, 0.2) is 0 Å². The van der Waals surface area contributed by atoms with E-state index in [0.717, 1.165) is 49.4 Å². The third kappa shape index (κ3) is 2.93. The molecule has 1 amide bonds. The summed E-state index contributed by atoms with van der Waals surface area (Å²) >= 11 is 1.72. The first-order chi connectivity index (χ1) is 11.7. The first kappa shape index (κ1) is 15.6. The van der Waals surface area contributed by atoms with Crippen molar-refractivity contribution in [3.63, 3.8) is 0 Å². The largest absolute Gasteiger partial charge is 0.493 e. The highest BCUT2D eigenvalue weighted by Crippen LogP contribution is 2.36. The number of para-hydroxylation sites is 1. The molecule has 2 aliphatic heterocycles. The van der Waals surface area contributed by atoms with Crippen LogP contribution >= 0.6 is 11.3 Å². The van der Waals surface area contributed by atoms with E-state index >= 15 is 0 Å². The zero-order chi connectivity index (χ0) is 16.5. The van der Waals surface area contributed by atoms with Crippen molar-refractivity contribution in [2.45, 2.75) is 38.0 Å². The molecule has 0 unspecified atom stereocenters. The minimum atomic E-state index is -0.0632. The van der Waals surface area contributed by atoms with E-state index in [9.17, 15) is 4.79 Å². The molecule has 2 aromatic rings. The molecule has 2 atom stereocenters. The zero-order valence-corrected chi connectivity index (χ0v) is 14.7. The van der Waals surface area contributed by atoms with Gasteiger partial charge in [-0.1, -0.05) is 18.2 Å². The molecule has 0 bridgehead atoms. The lowest BCUT2D eigenvalue weighted by Gasteiger charge is -2.35. The van der Waals surface area contributed by atoms with E-state index in [1.807, 2.05) is 31.2 Å². The number of benzene rings is 1. The summed E-state index contributed by atoms with van der Waals surface area (Å²) in [7, 11) is 0. The maximum absolute atomic E-state index is 13.2. The van der Waals surface area contributed by atoms with Gasteiger partial charge in [-0.2, -0.15) is 0 Å².